The normalized spacial score (nSPS) is 12.2. The molecule has 0 aromatic heterocycles. The number of aliphatic carboxylic acids is 3. The number of rotatable bonds is 54. The van der Waals surface area contributed by atoms with Crippen LogP contribution in [0.5, 0.6) is 0 Å². The molecule has 3 unspecified atom stereocenters. The average molecular weight is 1160 g/mol. The first-order valence-electron chi connectivity index (χ1n) is 30.7. The van der Waals surface area contributed by atoms with Crippen molar-refractivity contribution in [2.75, 3.05) is 0 Å². The van der Waals surface area contributed by atoms with Gasteiger partial charge in [0, 0.05) is 15.7 Å². The van der Waals surface area contributed by atoms with E-state index in [0.29, 0.717) is 19.3 Å². The van der Waals surface area contributed by atoms with Gasteiger partial charge in [-0.3, -0.25) is 0 Å². The van der Waals surface area contributed by atoms with Crippen molar-refractivity contribution in [1.29, 1.82) is 0 Å². The van der Waals surface area contributed by atoms with Gasteiger partial charge in [0.1, 0.15) is 0 Å². The van der Waals surface area contributed by atoms with Crippen LogP contribution < -0.4 is 15.3 Å². The van der Waals surface area contributed by atoms with Crippen LogP contribution in [0.4, 0.5) is 0 Å². The second-order valence-electron chi connectivity index (χ2n) is 20.8. The van der Waals surface area contributed by atoms with Gasteiger partial charge in [0.05, 0.1) is 17.9 Å². The summed E-state index contributed by atoms with van der Waals surface area (Å²) >= 11 is 13.5. The van der Waals surface area contributed by atoms with Crippen molar-refractivity contribution in [3.05, 3.63) is 0 Å². The van der Waals surface area contributed by atoms with Crippen LogP contribution in [0, 0.1) is 0 Å². The zero-order valence-corrected chi connectivity index (χ0v) is 53.1. The van der Waals surface area contributed by atoms with E-state index in [4.69, 9.17) is 0 Å². The molecule has 3 atom stereocenters. The summed E-state index contributed by atoms with van der Waals surface area (Å²) in [5, 5.41) is 29.8. The average Bonchev–Trinajstić information content (AvgIpc) is 3.36. The molecule has 0 bridgehead atoms. The van der Waals surface area contributed by atoms with Crippen molar-refractivity contribution in [3.8, 4) is 0 Å². The van der Waals surface area contributed by atoms with Gasteiger partial charge in [-0.1, -0.05) is 329 Å². The molecule has 0 aliphatic rings. The number of carboxylic acids is 3. The van der Waals surface area contributed by atoms with E-state index in [-0.39, 0.29) is 0 Å². The molecule has 10 heteroatoms. The monoisotopic (exact) mass is 1160 g/mol. The molecule has 0 saturated heterocycles. The first-order valence-corrected chi connectivity index (χ1v) is 35.1. The quantitative estimate of drug-likeness (QED) is 0.0317. The molecule has 6 nitrogen and oxygen atoms in total. The Morgan fingerprint density at radius 1 is 0.254 bits per heavy atom. The van der Waals surface area contributed by atoms with Gasteiger partial charge in [-0.2, -0.15) is 37.9 Å². The summed E-state index contributed by atoms with van der Waals surface area (Å²) in [4.78, 5) is 33.6. The summed E-state index contributed by atoms with van der Waals surface area (Å²) < 4.78 is 0. The maximum atomic E-state index is 10.5. The van der Waals surface area contributed by atoms with E-state index in [2.05, 4.69) is 63.6 Å². The molecular weight excluding hydrogens is 1040 g/mol. The van der Waals surface area contributed by atoms with Gasteiger partial charge in [-0.05, 0) is 19.3 Å². The second kappa shape index (κ2) is 70.3. The zero-order valence-electron chi connectivity index (χ0n) is 47.6. The third-order valence-corrected chi connectivity index (χ3v) is 15.2. The molecule has 0 amide bonds. The fourth-order valence-electron chi connectivity index (χ4n) is 9.01. The minimum atomic E-state index is -1.03. The predicted octanol–water partition coefficient (Wildman–Crippen LogP) is 17.3. The van der Waals surface area contributed by atoms with E-state index in [1.54, 1.807) is 22.5 Å². The third-order valence-electron chi connectivity index (χ3n) is 13.8. The van der Waals surface area contributed by atoms with Crippen LogP contribution in [-0.4, -0.2) is 56.2 Å². The molecule has 422 valence electrons. The van der Waals surface area contributed by atoms with E-state index >= 15 is 0 Å². The van der Waals surface area contributed by atoms with Crippen LogP contribution >= 0.6 is 37.9 Å². The third kappa shape index (κ3) is 74.6. The Balaban J connectivity index is -0.000000465. The maximum absolute atomic E-state index is 10.5. The van der Waals surface area contributed by atoms with E-state index < -0.39 is 33.7 Å². The predicted molar refractivity (Wildman–Crippen MR) is 317 cm³/mol. The fourth-order valence-corrected chi connectivity index (χ4v) is 9.56. The van der Waals surface area contributed by atoms with E-state index in [1.165, 1.54) is 270 Å². The second-order valence-corrected chi connectivity index (χ2v) is 22.7. The van der Waals surface area contributed by atoms with Crippen molar-refractivity contribution in [1.82, 2.24) is 0 Å². The van der Waals surface area contributed by atoms with Gasteiger partial charge < -0.3 is 29.7 Å². The molecule has 0 aromatic carbocycles. The van der Waals surface area contributed by atoms with Crippen LogP contribution in [0.25, 0.3) is 0 Å². The molecule has 0 rings (SSSR count). The van der Waals surface area contributed by atoms with Gasteiger partial charge >= 0.3 is 27.5 Å². The van der Waals surface area contributed by atoms with Crippen molar-refractivity contribution in [3.63, 3.8) is 0 Å². The van der Waals surface area contributed by atoms with Crippen LogP contribution in [0.1, 0.15) is 348 Å². The summed E-state index contributed by atoms with van der Waals surface area (Å²) in [5.74, 6) is -3.10. The summed E-state index contributed by atoms with van der Waals surface area (Å²) in [5.41, 5.74) is 0. The topological polar surface area (TPSA) is 120 Å². The van der Waals surface area contributed by atoms with E-state index in [1.807, 2.05) is 0 Å². The summed E-state index contributed by atoms with van der Waals surface area (Å²) in [6.07, 6.45) is 66.2. The number of carboxylic acid groups (broad SMARTS) is 3. The first kappa shape index (κ1) is 77.8. The van der Waals surface area contributed by atoms with Crippen LogP contribution in [-0.2, 0) is 14.4 Å². The molecular formula is C61H120O6S3Sn. The van der Waals surface area contributed by atoms with Crippen molar-refractivity contribution in [2.45, 2.75) is 369 Å². The number of hydrogen-bond donors (Lipinski definition) is 3. The molecule has 0 aliphatic heterocycles. The molecule has 0 saturated carbocycles. The minimum absolute atomic E-state index is 0.582. The molecule has 0 heterocycles. The Morgan fingerprint density at radius 2 is 0.352 bits per heavy atom. The summed E-state index contributed by atoms with van der Waals surface area (Å²) in [6, 6.07) is 0. The van der Waals surface area contributed by atoms with E-state index in [9.17, 15) is 29.7 Å². The molecule has 0 spiro atoms. The molecule has 0 aromatic rings. The Bertz CT molecular complexity index is 899. The Labute approximate surface area is 473 Å². The molecule has 0 radical (unpaired) electrons. The molecule has 0 fully saturated rings. The number of carbonyl (C=O) groups is 3. The van der Waals surface area contributed by atoms with Gasteiger partial charge in [0.15, 0.2) is 0 Å². The van der Waals surface area contributed by atoms with Gasteiger partial charge in [0.25, 0.3) is 0 Å². The first-order chi connectivity index (χ1) is 34.5. The van der Waals surface area contributed by atoms with Crippen molar-refractivity contribution >= 4 is 78.3 Å². The number of hydrogen-bond acceptors (Lipinski definition) is 9. The van der Waals surface area contributed by atoms with Crippen LogP contribution in [0.3, 0.4) is 0 Å². The Morgan fingerprint density at radius 3 is 0.451 bits per heavy atom. The number of thiol groups is 3. The summed E-state index contributed by atoms with van der Waals surface area (Å²) in [6.45, 7) is 6.82. The van der Waals surface area contributed by atoms with Crippen LogP contribution in [0.15, 0.2) is 0 Å². The van der Waals surface area contributed by atoms with Gasteiger partial charge in [-0.25, -0.2) is 0 Å². The molecule has 0 N–H and O–H groups in total. The van der Waals surface area contributed by atoms with Crippen molar-refractivity contribution < 1.29 is 29.7 Å². The fraction of sp³-hybridized carbons (Fsp3) is 0.951. The standard InChI is InChI=1S/3C20H40O2S.CH3.Sn/c3*1-2-3-4-5-6-7-8-9-10-11-12-13-14-15-16-17-18-19(23)20(21)22;;/h3*19,23H,2-18H2,1H3,(H,21,22);1H3;/q;;;;+3/p-3. The van der Waals surface area contributed by atoms with Crippen LogP contribution in [0.2, 0.25) is 4.94 Å². The number of carbonyl (C=O) groups excluding carboxylic acids is 3. The summed E-state index contributed by atoms with van der Waals surface area (Å²) in [7, 11) is 0. The Hall–Kier alpha value is 0.259. The van der Waals surface area contributed by atoms with Gasteiger partial charge in [0.2, 0.25) is 0 Å². The molecule has 0 aliphatic carbocycles. The Kier molecular flexibility index (Phi) is 76.9. The number of unbranched alkanes of at least 4 members (excludes halogenated alkanes) is 45. The zero-order chi connectivity index (χ0) is 53.5. The van der Waals surface area contributed by atoms with E-state index in [0.717, 1.165) is 38.5 Å². The van der Waals surface area contributed by atoms with Crippen molar-refractivity contribution in [2.24, 2.45) is 0 Å². The van der Waals surface area contributed by atoms with Gasteiger partial charge in [-0.15, -0.1) is 0 Å². The SMILES string of the molecule is CCCCCCCCCCCCCCCCCCC(S)C(=O)[O-].CCCCCCCCCCCCCCCCCCC(S)C(=O)[O-].CCCCCCCCCCCCCCCCCCC(S)C(=O)[O-].[CH3][Sn+3]. The molecule has 71 heavy (non-hydrogen) atoms.